The lowest BCUT2D eigenvalue weighted by Crippen LogP contribution is -2.55. The molecule has 3 atom stereocenters. The van der Waals surface area contributed by atoms with Gasteiger partial charge in [0.25, 0.3) is 0 Å². The smallest absolute Gasteiger partial charge is 0.329 e. The van der Waals surface area contributed by atoms with Crippen molar-refractivity contribution in [3.63, 3.8) is 0 Å². The van der Waals surface area contributed by atoms with E-state index in [2.05, 4.69) is 36.2 Å². The lowest BCUT2D eigenvalue weighted by molar-refractivity contribution is -0.144. The highest BCUT2D eigenvalue weighted by Gasteiger charge is 2.23. The molecular weight excluding hydrogens is 432 g/mol. The van der Waals surface area contributed by atoms with E-state index in [4.69, 9.17) is 11.0 Å². The third kappa shape index (κ3) is 13.1. The van der Waals surface area contributed by atoms with Gasteiger partial charge in [0.05, 0.1) is 0 Å². The number of nitrogens with one attached hydrogen (secondary N) is 5. The molecular formula is C17H30N6O9. The lowest BCUT2D eigenvalue weighted by Gasteiger charge is -2.20. The monoisotopic (exact) mass is 462 g/mol. The highest BCUT2D eigenvalue weighted by molar-refractivity contribution is 5.93. The van der Waals surface area contributed by atoms with Gasteiger partial charge in [0, 0.05) is 13.1 Å². The summed E-state index contributed by atoms with van der Waals surface area (Å²) in [6.45, 7) is 2.90. The van der Waals surface area contributed by atoms with Crippen LogP contribution in [-0.2, 0) is 38.3 Å². The Morgan fingerprint density at radius 2 is 1.22 bits per heavy atom. The van der Waals surface area contributed by atoms with Crippen molar-refractivity contribution in [3.8, 4) is 0 Å². The number of rotatable bonds is 15. The number of carbonyl (C=O) groups excluding carboxylic acids is 5. The van der Waals surface area contributed by atoms with E-state index in [0.29, 0.717) is 0 Å². The fourth-order valence-electron chi connectivity index (χ4n) is 2.06. The lowest BCUT2D eigenvalue weighted by atomic mass is 10.2. The summed E-state index contributed by atoms with van der Waals surface area (Å²) in [4.78, 5) is 73.5. The second-order valence-corrected chi connectivity index (χ2v) is 6.59. The minimum Gasteiger partial charge on any atom is -0.480 e. The molecule has 0 saturated carbocycles. The molecule has 0 aromatic rings. The number of nitrogens with two attached hydrogens (primary N) is 1. The van der Waals surface area contributed by atoms with Crippen LogP contribution in [0.2, 0.25) is 0 Å². The summed E-state index contributed by atoms with van der Waals surface area (Å²) in [7, 11) is 0. The van der Waals surface area contributed by atoms with E-state index in [0.717, 1.165) is 0 Å². The van der Waals surface area contributed by atoms with Crippen molar-refractivity contribution in [3.05, 3.63) is 0 Å². The molecule has 0 bridgehead atoms. The number of carboxylic acid groups (broad SMARTS) is 1. The van der Waals surface area contributed by atoms with Crippen LogP contribution in [0.3, 0.4) is 0 Å². The highest BCUT2D eigenvalue weighted by atomic mass is 16.6. The zero-order valence-corrected chi connectivity index (χ0v) is 18.1. The molecule has 0 aromatic heterocycles. The number of amides is 5. The molecule has 15 nitrogen and oxygen atoms in total. The van der Waals surface area contributed by atoms with Crippen molar-refractivity contribution in [1.82, 2.24) is 26.6 Å². The van der Waals surface area contributed by atoms with Crippen molar-refractivity contribution in [2.75, 3.05) is 32.9 Å². The average Bonchev–Trinajstić information content (AvgIpc) is 2.70. The summed E-state index contributed by atoms with van der Waals surface area (Å²) in [6.07, 6.45) is 0. The largest absolute Gasteiger partial charge is 0.480 e. The summed E-state index contributed by atoms with van der Waals surface area (Å²) in [6, 6.07) is -2.96. The summed E-state index contributed by atoms with van der Waals surface area (Å²) < 4.78 is 4.60. The molecule has 0 spiro atoms. The van der Waals surface area contributed by atoms with Crippen LogP contribution >= 0.6 is 0 Å². The second-order valence-electron chi connectivity index (χ2n) is 6.59. The van der Waals surface area contributed by atoms with Gasteiger partial charge in [-0.05, 0) is 20.8 Å². The van der Waals surface area contributed by atoms with Gasteiger partial charge in [-0.25, -0.2) is 10.7 Å². The van der Waals surface area contributed by atoms with E-state index in [9.17, 15) is 28.8 Å². The van der Waals surface area contributed by atoms with Crippen LogP contribution in [0, 0.1) is 0 Å². The number of aliphatic carboxylic acids is 1. The maximum Gasteiger partial charge on any atom is 0.329 e. The molecule has 0 rings (SSSR count). The average molecular weight is 462 g/mol. The number of carboxylic acids is 1. The molecule has 32 heavy (non-hydrogen) atoms. The van der Waals surface area contributed by atoms with E-state index >= 15 is 0 Å². The van der Waals surface area contributed by atoms with Gasteiger partial charge in [0.1, 0.15) is 37.9 Å². The van der Waals surface area contributed by atoms with Gasteiger partial charge in [-0.1, -0.05) is 0 Å². The third-order valence-electron chi connectivity index (χ3n) is 3.69. The van der Waals surface area contributed by atoms with Crippen LogP contribution in [0.15, 0.2) is 0 Å². The Morgan fingerprint density at radius 3 is 1.75 bits per heavy atom. The predicted octanol–water partition coefficient (Wildman–Crippen LogP) is -4.28. The molecule has 8 N–H and O–H groups in total. The standard InChI is InChI=1S/C17H30N6O9/c1-9(15(28)20-5-4-19-12(24)7-32-18)22-17(30)11(3)23-16(29)10(2)21-13(25)6-31-8-14(26)27/h9-11H,4-8,18H2,1-3H3,(H,19,24)(H,20,28)(H,21,25)(H,22,30)(H,23,29)(H,26,27). The SMILES string of the molecule is CC(NC(=O)COCC(=O)O)C(=O)NC(C)C(=O)NC(C)C(=O)NCCNC(=O)CON. The van der Waals surface area contributed by atoms with Gasteiger partial charge in [0.15, 0.2) is 0 Å². The van der Waals surface area contributed by atoms with Crippen molar-refractivity contribution < 1.29 is 43.4 Å². The van der Waals surface area contributed by atoms with Gasteiger partial charge in [-0.15, -0.1) is 0 Å². The first-order chi connectivity index (χ1) is 15.0. The highest BCUT2D eigenvalue weighted by Crippen LogP contribution is 1.91. The molecule has 0 aromatic carbocycles. The maximum atomic E-state index is 12.2. The number of ether oxygens (including phenoxy) is 1. The summed E-state index contributed by atoms with van der Waals surface area (Å²) in [5.74, 6) is 0.525. The molecule has 0 fully saturated rings. The van der Waals surface area contributed by atoms with E-state index in [1.165, 1.54) is 20.8 Å². The molecule has 0 radical (unpaired) electrons. The van der Waals surface area contributed by atoms with Gasteiger partial charge in [-0.2, -0.15) is 0 Å². The summed E-state index contributed by atoms with van der Waals surface area (Å²) >= 11 is 0. The Hall–Kier alpha value is -3.30. The zero-order valence-electron chi connectivity index (χ0n) is 18.1. The molecule has 3 unspecified atom stereocenters. The molecule has 0 aliphatic heterocycles. The number of carbonyl (C=O) groups is 6. The Morgan fingerprint density at radius 1 is 0.719 bits per heavy atom. The second kappa shape index (κ2) is 15.5. The summed E-state index contributed by atoms with van der Waals surface area (Å²) in [5.41, 5.74) is 0. The topological polar surface area (TPSA) is 227 Å². The van der Waals surface area contributed by atoms with E-state index in [1.807, 2.05) is 0 Å². The maximum absolute atomic E-state index is 12.2. The quantitative estimate of drug-likeness (QED) is 0.0915. The van der Waals surface area contributed by atoms with Crippen molar-refractivity contribution in [1.29, 1.82) is 0 Å². The van der Waals surface area contributed by atoms with E-state index in [-0.39, 0.29) is 19.7 Å². The minimum absolute atomic E-state index is 0.106. The Labute approximate surface area is 184 Å². The van der Waals surface area contributed by atoms with Crippen molar-refractivity contribution in [2.45, 2.75) is 38.9 Å². The van der Waals surface area contributed by atoms with Gasteiger partial charge >= 0.3 is 5.97 Å². The molecule has 15 heteroatoms. The van der Waals surface area contributed by atoms with Crippen molar-refractivity contribution in [2.24, 2.45) is 5.90 Å². The van der Waals surface area contributed by atoms with E-state index in [1.54, 1.807) is 0 Å². The first-order valence-corrected chi connectivity index (χ1v) is 9.53. The van der Waals surface area contributed by atoms with E-state index < -0.39 is 66.8 Å². The molecule has 0 saturated heterocycles. The van der Waals surface area contributed by atoms with Gasteiger partial charge in [-0.3, -0.25) is 28.8 Å². The predicted molar refractivity (Wildman–Crippen MR) is 107 cm³/mol. The van der Waals surface area contributed by atoms with Crippen LogP contribution in [0.5, 0.6) is 0 Å². The van der Waals surface area contributed by atoms with Crippen LogP contribution in [0.25, 0.3) is 0 Å². The summed E-state index contributed by atoms with van der Waals surface area (Å²) in [5, 5.41) is 20.5. The molecule has 182 valence electrons. The number of hydrogen-bond donors (Lipinski definition) is 7. The fourth-order valence-corrected chi connectivity index (χ4v) is 2.06. The molecule has 0 aliphatic carbocycles. The van der Waals surface area contributed by atoms with Gasteiger partial charge in [0.2, 0.25) is 29.5 Å². The van der Waals surface area contributed by atoms with Crippen LogP contribution in [0.4, 0.5) is 0 Å². The third-order valence-corrected chi connectivity index (χ3v) is 3.69. The zero-order chi connectivity index (χ0) is 24.7. The van der Waals surface area contributed by atoms with Crippen LogP contribution in [0.1, 0.15) is 20.8 Å². The normalized spacial score (nSPS) is 13.1. The molecule has 0 aliphatic rings. The fraction of sp³-hybridized carbons (Fsp3) is 0.647. The Bertz CT molecular complexity index is 687. The van der Waals surface area contributed by atoms with Gasteiger partial charge < -0.3 is 36.4 Å². The number of hydrogen-bond acceptors (Lipinski definition) is 9. The first kappa shape index (κ1) is 28.7. The Kier molecular flexibility index (Phi) is 13.9. The van der Waals surface area contributed by atoms with Crippen LogP contribution < -0.4 is 32.5 Å². The minimum atomic E-state index is -1.24. The molecule has 5 amide bonds. The Balaban J connectivity index is 4.29. The first-order valence-electron chi connectivity index (χ1n) is 9.53. The van der Waals surface area contributed by atoms with Crippen molar-refractivity contribution >= 4 is 35.5 Å². The van der Waals surface area contributed by atoms with Crippen LogP contribution in [-0.4, -0.2) is 91.6 Å². The molecule has 0 heterocycles.